The summed E-state index contributed by atoms with van der Waals surface area (Å²) in [5, 5.41) is 0.735. The van der Waals surface area contributed by atoms with Crippen LogP contribution in [0.15, 0.2) is 48.5 Å². The van der Waals surface area contributed by atoms with Crippen molar-refractivity contribution in [2.24, 2.45) is 5.73 Å². The lowest BCUT2D eigenvalue weighted by atomic mass is 10.1. The zero-order valence-corrected chi connectivity index (χ0v) is 11.1. The van der Waals surface area contributed by atoms with Gasteiger partial charge >= 0.3 is 0 Å². The Hall–Kier alpha value is -2.00. The van der Waals surface area contributed by atoms with Crippen molar-refractivity contribution in [3.8, 4) is 5.75 Å². The summed E-state index contributed by atoms with van der Waals surface area (Å²) in [5.41, 5.74) is 7.36. The summed E-state index contributed by atoms with van der Waals surface area (Å²) >= 11 is 5.84. The molecule has 98 valence electrons. The van der Waals surface area contributed by atoms with Gasteiger partial charge in [-0.05, 0) is 41.8 Å². The molecule has 1 amide bonds. The van der Waals surface area contributed by atoms with E-state index in [0.717, 1.165) is 17.0 Å². The van der Waals surface area contributed by atoms with E-state index in [1.54, 1.807) is 0 Å². The van der Waals surface area contributed by atoms with Crippen LogP contribution in [0, 0.1) is 0 Å². The lowest BCUT2D eigenvalue weighted by Gasteiger charge is -2.06. The van der Waals surface area contributed by atoms with Gasteiger partial charge in [0.1, 0.15) is 5.75 Å². The molecule has 3 nitrogen and oxygen atoms in total. The maximum atomic E-state index is 10.6. The second-order valence-corrected chi connectivity index (χ2v) is 4.64. The Labute approximate surface area is 117 Å². The highest BCUT2D eigenvalue weighted by Crippen LogP contribution is 2.16. The highest BCUT2D eigenvalue weighted by molar-refractivity contribution is 6.30. The molecule has 0 radical (unpaired) electrons. The highest BCUT2D eigenvalue weighted by Gasteiger charge is 2.00. The van der Waals surface area contributed by atoms with Gasteiger partial charge in [0, 0.05) is 5.02 Å². The number of carbonyl (C=O) groups excluding carboxylic acids is 1. The first-order valence-electron chi connectivity index (χ1n) is 5.88. The Morgan fingerprint density at radius 1 is 1.00 bits per heavy atom. The molecule has 0 heterocycles. The Morgan fingerprint density at radius 3 is 2.05 bits per heavy atom. The van der Waals surface area contributed by atoms with Gasteiger partial charge in [-0.1, -0.05) is 35.9 Å². The number of primary amides is 1. The van der Waals surface area contributed by atoms with Crippen molar-refractivity contribution in [2.45, 2.75) is 6.42 Å². The summed E-state index contributed by atoms with van der Waals surface area (Å²) < 4.78 is 5.20. The molecule has 2 aromatic rings. The number of hydrogen-bond acceptors (Lipinski definition) is 2. The van der Waals surface area contributed by atoms with Crippen LogP contribution in [-0.2, 0) is 11.2 Å². The summed E-state index contributed by atoms with van der Waals surface area (Å²) in [7, 11) is 0. The van der Waals surface area contributed by atoms with Crippen molar-refractivity contribution >= 4 is 17.5 Å². The topological polar surface area (TPSA) is 52.3 Å². The fourth-order valence-electron chi connectivity index (χ4n) is 1.70. The lowest BCUT2D eigenvalue weighted by molar-refractivity contribution is -0.119. The van der Waals surface area contributed by atoms with Crippen LogP contribution in [-0.4, -0.2) is 12.5 Å². The Balaban J connectivity index is 1.98. The van der Waals surface area contributed by atoms with Gasteiger partial charge < -0.3 is 10.5 Å². The number of benzene rings is 2. The van der Waals surface area contributed by atoms with Crippen LogP contribution < -0.4 is 10.5 Å². The molecule has 0 unspecified atom stereocenters. The molecular weight excluding hydrogens is 262 g/mol. The minimum Gasteiger partial charge on any atom is -0.484 e. The molecule has 2 aromatic carbocycles. The van der Waals surface area contributed by atoms with Crippen LogP contribution in [0.1, 0.15) is 11.1 Å². The average Bonchev–Trinajstić information content (AvgIpc) is 2.40. The molecular formula is C15H14ClNO2. The van der Waals surface area contributed by atoms with E-state index >= 15 is 0 Å². The molecule has 0 saturated heterocycles. The number of ether oxygens (including phenoxy) is 1. The van der Waals surface area contributed by atoms with E-state index < -0.39 is 5.91 Å². The molecule has 0 spiro atoms. The first-order chi connectivity index (χ1) is 9.13. The number of amides is 1. The van der Waals surface area contributed by atoms with Crippen molar-refractivity contribution in [3.05, 3.63) is 64.7 Å². The molecule has 4 heteroatoms. The summed E-state index contributed by atoms with van der Waals surface area (Å²) in [4.78, 5) is 10.6. The van der Waals surface area contributed by atoms with Crippen molar-refractivity contribution in [1.82, 2.24) is 0 Å². The van der Waals surface area contributed by atoms with Crippen LogP contribution >= 0.6 is 11.6 Å². The zero-order chi connectivity index (χ0) is 13.7. The van der Waals surface area contributed by atoms with Gasteiger partial charge in [0.2, 0.25) is 0 Å². The van der Waals surface area contributed by atoms with Gasteiger partial charge in [-0.2, -0.15) is 0 Å². The third-order valence-corrected chi connectivity index (χ3v) is 2.88. The number of nitrogens with two attached hydrogens (primary N) is 1. The molecule has 0 fully saturated rings. The molecule has 0 atom stereocenters. The van der Waals surface area contributed by atoms with E-state index in [4.69, 9.17) is 22.1 Å². The quantitative estimate of drug-likeness (QED) is 0.912. The highest BCUT2D eigenvalue weighted by atomic mass is 35.5. The largest absolute Gasteiger partial charge is 0.484 e. The first-order valence-corrected chi connectivity index (χ1v) is 6.26. The van der Waals surface area contributed by atoms with Gasteiger partial charge in [-0.15, -0.1) is 0 Å². The van der Waals surface area contributed by atoms with Gasteiger partial charge in [-0.25, -0.2) is 0 Å². The van der Waals surface area contributed by atoms with E-state index in [1.807, 2.05) is 48.5 Å². The Bertz CT molecular complexity index is 549. The van der Waals surface area contributed by atoms with Gasteiger partial charge in [0.05, 0.1) is 0 Å². The van der Waals surface area contributed by atoms with Crippen LogP contribution in [0.2, 0.25) is 5.02 Å². The molecule has 0 saturated carbocycles. The summed E-state index contributed by atoms with van der Waals surface area (Å²) in [6.07, 6.45) is 0.827. The van der Waals surface area contributed by atoms with E-state index in [-0.39, 0.29) is 6.61 Å². The first kappa shape index (κ1) is 13.4. The van der Waals surface area contributed by atoms with Crippen LogP contribution in [0.4, 0.5) is 0 Å². The third kappa shape index (κ3) is 4.30. The molecule has 0 aliphatic carbocycles. The van der Waals surface area contributed by atoms with Crippen LogP contribution in [0.5, 0.6) is 5.75 Å². The van der Waals surface area contributed by atoms with E-state index in [2.05, 4.69) is 0 Å². The maximum absolute atomic E-state index is 10.6. The predicted molar refractivity (Wildman–Crippen MR) is 75.4 cm³/mol. The minimum atomic E-state index is -0.481. The fourth-order valence-corrected chi connectivity index (χ4v) is 1.82. The number of carbonyl (C=O) groups is 1. The molecule has 19 heavy (non-hydrogen) atoms. The third-order valence-electron chi connectivity index (χ3n) is 2.63. The van der Waals surface area contributed by atoms with Crippen LogP contribution in [0.3, 0.4) is 0 Å². The van der Waals surface area contributed by atoms with Gasteiger partial charge in [-0.3, -0.25) is 4.79 Å². The minimum absolute atomic E-state index is 0.101. The fraction of sp³-hybridized carbons (Fsp3) is 0.133. The van der Waals surface area contributed by atoms with Crippen molar-refractivity contribution in [2.75, 3.05) is 6.61 Å². The molecule has 0 bridgehead atoms. The van der Waals surface area contributed by atoms with Gasteiger partial charge in [0.25, 0.3) is 5.91 Å². The summed E-state index contributed by atoms with van der Waals surface area (Å²) in [6, 6.07) is 15.3. The number of hydrogen-bond donors (Lipinski definition) is 1. The van der Waals surface area contributed by atoms with Gasteiger partial charge in [0.15, 0.2) is 6.61 Å². The molecule has 0 aromatic heterocycles. The molecule has 0 aliphatic heterocycles. The standard InChI is InChI=1S/C15H14ClNO2/c16-13-5-1-11(2-6-13)9-12-3-7-14(8-4-12)19-10-15(17)18/h1-8H,9-10H2,(H2,17,18). The van der Waals surface area contributed by atoms with E-state index in [9.17, 15) is 4.79 Å². The number of rotatable bonds is 5. The summed E-state index contributed by atoms with van der Waals surface area (Å²) in [6.45, 7) is -0.101. The zero-order valence-electron chi connectivity index (χ0n) is 10.3. The van der Waals surface area contributed by atoms with E-state index in [1.165, 1.54) is 5.56 Å². The SMILES string of the molecule is NC(=O)COc1ccc(Cc2ccc(Cl)cc2)cc1. The predicted octanol–water partition coefficient (Wildman–Crippen LogP) is 2.79. The summed E-state index contributed by atoms with van der Waals surface area (Å²) in [5.74, 6) is 0.156. The second-order valence-electron chi connectivity index (χ2n) is 4.20. The Morgan fingerprint density at radius 2 is 1.53 bits per heavy atom. The van der Waals surface area contributed by atoms with Crippen molar-refractivity contribution < 1.29 is 9.53 Å². The molecule has 0 aliphatic rings. The van der Waals surface area contributed by atoms with Crippen molar-refractivity contribution in [3.63, 3.8) is 0 Å². The second kappa shape index (κ2) is 6.25. The van der Waals surface area contributed by atoms with E-state index in [0.29, 0.717) is 5.75 Å². The molecule has 2 N–H and O–H groups in total. The smallest absolute Gasteiger partial charge is 0.255 e. The molecule has 2 rings (SSSR count). The maximum Gasteiger partial charge on any atom is 0.255 e. The van der Waals surface area contributed by atoms with Crippen LogP contribution in [0.25, 0.3) is 0 Å². The number of halogens is 1. The Kier molecular flexibility index (Phi) is 4.42. The van der Waals surface area contributed by atoms with Crippen molar-refractivity contribution in [1.29, 1.82) is 0 Å². The average molecular weight is 276 g/mol. The monoisotopic (exact) mass is 275 g/mol. The lowest BCUT2D eigenvalue weighted by Crippen LogP contribution is -2.19. The normalized spacial score (nSPS) is 10.2.